The summed E-state index contributed by atoms with van der Waals surface area (Å²) in [4.78, 5) is 34.8. The van der Waals surface area contributed by atoms with Gasteiger partial charge in [0.1, 0.15) is 5.78 Å². The van der Waals surface area contributed by atoms with Crippen molar-refractivity contribution in [3.05, 3.63) is 0 Å². The highest BCUT2D eigenvalue weighted by atomic mass is 17.4. The summed E-state index contributed by atoms with van der Waals surface area (Å²) < 4.78 is 0. The monoisotopic (exact) mass is 368 g/mol. The zero-order valence-electron chi connectivity index (χ0n) is 16.4. The molecule has 0 aromatic carbocycles. The maximum absolute atomic E-state index is 11.3. The molecule has 3 rings (SSSR count). The standard InChI is InChI=1S/C21H36O5/c1-18(22)17-19-11-15-21(16-12-19)25-23-20(24-26-21)13-9-7-5-3-2-4-6-8-10-14-20/h19H,2-17H2,1H3. The first kappa shape index (κ1) is 20.2. The van der Waals surface area contributed by atoms with Crippen LogP contribution in [0.4, 0.5) is 0 Å². The molecule has 1 saturated heterocycles. The van der Waals surface area contributed by atoms with Gasteiger partial charge in [0, 0.05) is 32.1 Å². The summed E-state index contributed by atoms with van der Waals surface area (Å²) in [7, 11) is 0. The Hall–Kier alpha value is -0.490. The van der Waals surface area contributed by atoms with Gasteiger partial charge in [0.25, 0.3) is 0 Å². The van der Waals surface area contributed by atoms with E-state index in [0.29, 0.717) is 12.3 Å². The summed E-state index contributed by atoms with van der Waals surface area (Å²) >= 11 is 0. The van der Waals surface area contributed by atoms with Crippen LogP contribution >= 0.6 is 0 Å². The molecule has 2 aliphatic carbocycles. The molecule has 1 heterocycles. The molecule has 1 aliphatic heterocycles. The van der Waals surface area contributed by atoms with E-state index in [1.807, 2.05) is 0 Å². The van der Waals surface area contributed by atoms with Crippen molar-refractivity contribution in [2.45, 2.75) is 121 Å². The molecule has 0 atom stereocenters. The number of carbonyl (C=O) groups excluding carboxylic acids is 1. The Morgan fingerprint density at radius 1 is 0.692 bits per heavy atom. The van der Waals surface area contributed by atoms with E-state index in [4.69, 9.17) is 19.6 Å². The van der Waals surface area contributed by atoms with Crippen LogP contribution in [0.15, 0.2) is 0 Å². The van der Waals surface area contributed by atoms with Gasteiger partial charge in [-0.25, -0.2) is 0 Å². The molecule has 150 valence electrons. The highest BCUT2D eigenvalue weighted by molar-refractivity contribution is 5.75. The lowest BCUT2D eigenvalue weighted by molar-refractivity contribution is -0.662. The van der Waals surface area contributed by atoms with Gasteiger partial charge in [0.15, 0.2) is 0 Å². The first-order valence-corrected chi connectivity index (χ1v) is 10.8. The summed E-state index contributed by atoms with van der Waals surface area (Å²) in [5.74, 6) is -0.818. The normalized spacial score (nSPS) is 28.3. The van der Waals surface area contributed by atoms with E-state index < -0.39 is 11.6 Å². The Kier molecular flexibility index (Phi) is 7.50. The average molecular weight is 369 g/mol. The predicted octanol–water partition coefficient (Wildman–Crippen LogP) is 5.76. The topological polar surface area (TPSA) is 54.0 Å². The molecule has 0 radical (unpaired) electrons. The lowest BCUT2D eigenvalue weighted by Gasteiger charge is -2.45. The first-order chi connectivity index (χ1) is 12.6. The SMILES string of the molecule is CC(=O)CC1CCC2(CC1)OOC1(CCCCCCCCCCC1)OO2. The average Bonchev–Trinajstić information content (AvgIpc) is 2.62. The van der Waals surface area contributed by atoms with Crippen molar-refractivity contribution in [1.82, 2.24) is 0 Å². The molecule has 3 fully saturated rings. The maximum Gasteiger partial charge on any atom is 0.234 e. The Bertz CT molecular complexity index is 418. The van der Waals surface area contributed by atoms with Crippen molar-refractivity contribution in [3.8, 4) is 0 Å². The third-order valence-corrected chi connectivity index (χ3v) is 6.25. The molecule has 2 saturated carbocycles. The third kappa shape index (κ3) is 5.75. The van der Waals surface area contributed by atoms with Crippen molar-refractivity contribution in [2.75, 3.05) is 0 Å². The minimum absolute atomic E-state index is 0.260. The Balaban J connectivity index is 1.50. The quantitative estimate of drug-likeness (QED) is 0.580. The van der Waals surface area contributed by atoms with Gasteiger partial charge in [-0.3, -0.25) is 0 Å². The van der Waals surface area contributed by atoms with Crippen LogP contribution in [-0.4, -0.2) is 17.4 Å². The lowest BCUT2D eigenvalue weighted by Crippen LogP contribution is -2.52. The van der Waals surface area contributed by atoms with Crippen molar-refractivity contribution in [2.24, 2.45) is 5.92 Å². The number of hydrogen-bond acceptors (Lipinski definition) is 5. The number of hydrogen-bond donors (Lipinski definition) is 0. The van der Waals surface area contributed by atoms with Crippen LogP contribution < -0.4 is 0 Å². The Morgan fingerprint density at radius 2 is 1.08 bits per heavy atom. The van der Waals surface area contributed by atoms with E-state index in [0.717, 1.165) is 51.4 Å². The Morgan fingerprint density at radius 3 is 1.50 bits per heavy atom. The zero-order chi connectivity index (χ0) is 18.3. The van der Waals surface area contributed by atoms with Gasteiger partial charge in [-0.2, -0.15) is 19.6 Å². The predicted molar refractivity (Wildman–Crippen MR) is 97.8 cm³/mol. The Labute approximate surface area is 157 Å². The zero-order valence-corrected chi connectivity index (χ0v) is 16.4. The summed E-state index contributed by atoms with van der Waals surface area (Å²) in [5, 5.41) is 0. The maximum atomic E-state index is 11.3. The molecule has 0 amide bonds. The molecule has 2 spiro atoms. The molecule has 5 heteroatoms. The van der Waals surface area contributed by atoms with E-state index in [2.05, 4.69) is 0 Å². The molecule has 0 unspecified atom stereocenters. The fraction of sp³-hybridized carbons (Fsp3) is 0.952. The van der Waals surface area contributed by atoms with Crippen LogP contribution in [0.5, 0.6) is 0 Å². The smallest absolute Gasteiger partial charge is 0.234 e. The van der Waals surface area contributed by atoms with Crippen LogP contribution in [0, 0.1) is 5.92 Å². The van der Waals surface area contributed by atoms with Crippen LogP contribution in [0.3, 0.4) is 0 Å². The van der Waals surface area contributed by atoms with Crippen LogP contribution in [0.25, 0.3) is 0 Å². The van der Waals surface area contributed by atoms with Gasteiger partial charge in [0.2, 0.25) is 11.6 Å². The summed E-state index contributed by atoms with van der Waals surface area (Å²) in [6, 6.07) is 0. The number of ketones is 1. The third-order valence-electron chi connectivity index (χ3n) is 6.25. The van der Waals surface area contributed by atoms with Gasteiger partial charge >= 0.3 is 0 Å². The molecule has 5 nitrogen and oxygen atoms in total. The molecule has 3 aliphatic rings. The van der Waals surface area contributed by atoms with Crippen LogP contribution in [-0.2, 0) is 24.3 Å². The molecule has 0 aromatic rings. The minimum Gasteiger partial charge on any atom is -0.300 e. The van der Waals surface area contributed by atoms with Crippen LogP contribution in [0.2, 0.25) is 0 Å². The highest BCUT2D eigenvalue weighted by Gasteiger charge is 2.49. The van der Waals surface area contributed by atoms with Gasteiger partial charge in [-0.15, -0.1) is 0 Å². The second-order valence-corrected chi connectivity index (χ2v) is 8.69. The molecular weight excluding hydrogens is 332 g/mol. The van der Waals surface area contributed by atoms with Gasteiger partial charge in [-0.05, 0) is 38.5 Å². The molecule has 0 N–H and O–H groups in total. The van der Waals surface area contributed by atoms with Gasteiger partial charge in [0.05, 0.1) is 0 Å². The van der Waals surface area contributed by atoms with E-state index in [1.165, 1.54) is 44.9 Å². The second kappa shape index (κ2) is 9.63. The molecule has 0 bridgehead atoms. The van der Waals surface area contributed by atoms with Crippen LogP contribution in [0.1, 0.15) is 110 Å². The second-order valence-electron chi connectivity index (χ2n) is 8.69. The van der Waals surface area contributed by atoms with Gasteiger partial charge < -0.3 is 4.79 Å². The molecule has 0 aromatic heterocycles. The highest BCUT2D eigenvalue weighted by Crippen LogP contribution is 2.44. The largest absolute Gasteiger partial charge is 0.300 e. The molecular formula is C21H36O5. The molecule has 26 heavy (non-hydrogen) atoms. The van der Waals surface area contributed by atoms with E-state index in [-0.39, 0.29) is 5.78 Å². The fourth-order valence-electron chi connectivity index (χ4n) is 4.54. The number of Topliss-reactive ketones (excluding diaryl/α,β-unsaturated/α-hetero) is 1. The summed E-state index contributed by atoms with van der Waals surface area (Å²) in [6.07, 6.45) is 16.8. The number of rotatable bonds is 2. The lowest BCUT2D eigenvalue weighted by atomic mass is 9.82. The first-order valence-electron chi connectivity index (χ1n) is 10.8. The van der Waals surface area contributed by atoms with Crippen molar-refractivity contribution < 1.29 is 24.3 Å². The van der Waals surface area contributed by atoms with E-state index in [1.54, 1.807) is 6.92 Å². The minimum atomic E-state index is -0.776. The summed E-state index contributed by atoms with van der Waals surface area (Å²) in [5.41, 5.74) is 0. The number of carbonyl (C=O) groups is 1. The fourth-order valence-corrected chi connectivity index (χ4v) is 4.54. The van der Waals surface area contributed by atoms with Crippen molar-refractivity contribution in [1.29, 1.82) is 0 Å². The van der Waals surface area contributed by atoms with Crippen molar-refractivity contribution >= 4 is 5.78 Å². The van der Waals surface area contributed by atoms with Crippen molar-refractivity contribution in [3.63, 3.8) is 0 Å². The van der Waals surface area contributed by atoms with Gasteiger partial charge in [-0.1, -0.05) is 44.9 Å². The summed E-state index contributed by atoms with van der Waals surface area (Å²) in [6.45, 7) is 1.66. The van der Waals surface area contributed by atoms with E-state index in [9.17, 15) is 4.79 Å². The van der Waals surface area contributed by atoms with E-state index >= 15 is 0 Å².